The maximum absolute atomic E-state index is 13.2. The van der Waals surface area contributed by atoms with E-state index in [-0.39, 0.29) is 24.3 Å². The maximum atomic E-state index is 13.2. The maximum Gasteiger partial charge on any atom is 0.236 e. The van der Waals surface area contributed by atoms with Crippen LogP contribution in [0.2, 0.25) is 0 Å². The normalized spacial score (nSPS) is 9.83. The number of rotatable bonds is 6. The highest BCUT2D eigenvalue weighted by molar-refractivity contribution is 5.86. The lowest BCUT2D eigenvalue weighted by molar-refractivity contribution is -0.117. The summed E-state index contributed by atoms with van der Waals surface area (Å²) in [6.45, 7) is -0.602. The molecule has 18 heavy (non-hydrogen) atoms. The molecule has 0 aliphatic heterocycles. The van der Waals surface area contributed by atoms with Gasteiger partial charge in [-0.1, -0.05) is 0 Å². The molecule has 0 aliphatic rings. The summed E-state index contributed by atoms with van der Waals surface area (Å²) in [5.74, 6) is -2.06. The smallest absolute Gasteiger partial charge is 0.236 e. The Morgan fingerprint density at radius 2 is 1.72 bits per heavy atom. The van der Waals surface area contributed by atoms with Crippen LogP contribution >= 0.6 is 0 Å². The molecule has 0 fully saturated rings. The van der Waals surface area contributed by atoms with Crippen LogP contribution in [0, 0.1) is 5.82 Å². The van der Waals surface area contributed by atoms with E-state index in [1.807, 2.05) is 0 Å². The molecule has 0 radical (unpaired) electrons. The number of primary amides is 2. The fourth-order valence-electron chi connectivity index (χ4n) is 1.46. The second kappa shape index (κ2) is 5.76. The van der Waals surface area contributed by atoms with Gasteiger partial charge in [-0.3, -0.25) is 14.4 Å². The molecule has 0 spiro atoms. The SMILES string of the molecule is NC(=O)CN(CC(N)=O)c1cc(F)cc(C=O)c1. The topological polar surface area (TPSA) is 106 Å². The average molecular weight is 253 g/mol. The molecule has 1 aromatic carbocycles. The molecule has 1 rings (SSSR count). The molecule has 1 aromatic rings. The Balaban J connectivity index is 3.10. The summed E-state index contributed by atoms with van der Waals surface area (Å²) in [4.78, 5) is 33.5. The molecular formula is C11H12FN3O3. The highest BCUT2D eigenvalue weighted by Gasteiger charge is 2.13. The van der Waals surface area contributed by atoms with Gasteiger partial charge in [-0.05, 0) is 18.2 Å². The van der Waals surface area contributed by atoms with E-state index in [1.165, 1.54) is 11.0 Å². The minimum Gasteiger partial charge on any atom is -0.368 e. The molecule has 0 atom stereocenters. The van der Waals surface area contributed by atoms with E-state index < -0.39 is 17.6 Å². The van der Waals surface area contributed by atoms with E-state index >= 15 is 0 Å². The van der Waals surface area contributed by atoms with Gasteiger partial charge >= 0.3 is 0 Å². The minimum atomic E-state index is -0.701. The molecule has 4 N–H and O–H groups in total. The van der Waals surface area contributed by atoms with Crippen LogP contribution in [-0.4, -0.2) is 31.2 Å². The zero-order valence-corrected chi connectivity index (χ0v) is 9.43. The van der Waals surface area contributed by atoms with E-state index in [9.17, 15) is 18.8 Å². The lowest BCUT2D eigenvalue weighted by Gasteiger charge is -2.21. The third-order valence-electron chi connectivity index (χ3n) is 2.10. The van der Waals surface area contributed by atoms with Gasteiger partial charge in [0.15, 0.2) is 0 Å². The molecule has 96 valence electrons. The number of hydrogen-bond donors (Lipinski definition) is 2. The van der Waals surface area contributed by atoms with Crippen molar-refractivity contribution < 1.29 is 18.8 Å². The fourth-order valence-corrected chi connectivity index (χ4v) is 1.46. The lowest BCUT2D eigenvalue weighted by Crippen LogP contribution is -2.39. The van der Waals surface area contributed by atoms with Crippen LogP contribution in [0.15, 0.2) is 18.2 Å². The first-order valence-corrected chi connectivity index (χ1v) is 4.99. The summed E-state index contributed by atoms with van der Waals surface area (Å²) in [5, 5.41) is 0. The van der Waals surface area contributed by atoms with Crippen molar-refractivity contribution in [1.29, 1.82) is 0 Å². The number of amides is 2. The molecule has 0 saturated carbocycles. The predicted molar refractivity (Wildman–Crippen MR) is 62.4 cm³/mol. The second-order valence-corrected chi connectivity index (χ2v) is 3.65. The van der Waals surface area contributed by atoms with Crippen molar-refractivity contribution in [3.8, 4) is 0 Å². The predicted octanol–water partition coefficient (Wildman–Crippen LogP) is -0.585. The Kier molecular flexibility index (Phi) is 4.36. The summed E-state index contributed by atoms with van der Waals surface area (Å²) >= 11 is 0. The summed E-state index contributed by atoms with van der Waals surface area (Å²) in [6.07, 6.45) is 0.458. The molecule has 0 saturated heterocycles. The molecule has 6 nitrogen and oxygen atoms in total. The molecule has 2 amide bonds. The highest BCUT2D eigenvalue weighted by atomic mass is 19.1. The van der Waals surface area contributed by atoms with Gasteiger partial charge in [0.05, 0.1) is 13.1 Å². The van der Waals surface area contributed by atoms with Crippen LogP contribution in [0.25, 0.3) is 0 Å². The molecular weight excluding hydrogens is 241 g/mol. The Morgan fingerprint density at radius 1 is 1.17 bits per heavy atom. The Morgan fingerprint density at radius 3 is 2.17 bits per heavy atom. The van der Waals surface area contributed by atoms with E-state index in [0.29, 0.717) is 6.29 Å². The van der Waals surface area contributed by atoms with Crippen LogP contribution in [0.3, 0.4) is 0 Å². The number of benzene rings is 1. The van der Waals surface area contributed by atoms with Gasteiger partial charge in [0, 0.05) is 11.3 Å². The number of nitrogens with two attached hydrogens (primary N) is 2. The van der Waals surface area contributed by atoms with Gasteiger partial charge in [0.25, 0.3) is 0 Å². The third-order valence-corrected chi connectivity index (χ3v) is 2.10. The molecule has 0 aliphatic carbocycles. The van der Waals surface area contributed by atoms with E-state index in [4.69, 9.17) is 11.5 Å². The fraction of sp³-hybridized carbons (Fsp3) is 0.182. The first-order valence-electron chi connectivity index (χ1n) is 4.99. The zero-order valence-electron chi connectivity index (χ0n) is 9.43. The summed E-state index contributed by atoms with van der Waals surface area (Å²) in [5.41, 5.74) is 10.3. The number of carbonyl (C=O) groups is 3. The summed E-state index contributed by atoms with van der Waals surface area (Å²) < 4.78 is 13.2. The largest absolute Gasteiger partial charge is 0.368 e. The molecule has 7 heteroatoms. The lowest BCUT2D eigenvalue weighted by atomic mass is 10.2. The number of anilines is 1. The van der Waals surface area contributed by atoms with E-state index in [2.05, 4.69) is 0 Å². The molecule has 0 unspecified atom stereocenters. The van der Waals surface area contributed by atoms with Crippen molar-refractivity contribution in [2.75, 3.05) is 18.0 Å². The second-order valence-electron chi connectivity index (χ2n) is 3.65. The van der Waals surface area contributed by atoms with Crippen LogP contribution in [0.4, 0.5) is 10.1 Å². The molecule has 0 bridgehead atoms. The van der Waals surface area contributed by atoms with Gasteiger partial charge in [-0.15, -0.1) is 0 Å². The number of halogens is 1. The Bertz CT molecular complexity index is 474. The zero-order chi connectivity index (χ0) is 13.7. The minimum absolute atomic E-state index is 0.0870. The quantitative estimate of drug-likeness (QED) is 0.661. The van der Waals surface area contributed by atoms with Crippen LogP contribution in [0.1, 0.15) is 10.4 Å². The van der Waals surface area contributed by atoms with Crippen LogP contribution in [-0.2, 0) is 9.59 Å². The van der Waals surface area contributed by atoms with Crippen molar-refractivity contribution in [2.45, 2.75) is 0 Å². The van der Waals surface area contributed by atoms with Gasteiger partial charge < -0.3 is 16.4 Å². The first kappa shape index (κ1) is 13.6. The van der Waals surface area contributed by atoms with E-state index in [0.717, 1.165) is 12.1 Å². The monoisotopic (exact) mass is 253 g/mol. The van der Waals surface area contributed by atoms with Crippen molar-refractivity contribution >= 4 is 23.8 Å². The van der Waals surface area contributed by atoms with Crippen molar-refractivity contribution in [3.05, 3.63) is 29.6 Å². The highest BCUT2D eigenvalue weighted by Crippen LogP contribution is 2.17. The van der Waals surface area contributed by atoms with Crippen molar-refractivity contribution in [3.63, 3.8) is 0 Å². The van der Waals surface area contributed by atoms with Gasteiger partial charge in [-0.25, -0.2) is 4.39 Å². The van der Waals surface area contributed by atoms with E-state index in [1.54, 1.807) is 0 Å². The van der Waals surface area contributed by atoms with Crippen molar-refractivity contribution in [1.82, 2.24) is 0 Å². The van der Waals surface area contributed by atoms with Gasteiger partial charge in [0.2, 0.25) is 11.8 Å². The number of carbonyl (C=O) groups excluding carboxylic acids is 3. The number of nitrogens with zero attached hydrogens (tertiary/aromatic N) is 1. The summed E-state index contributed by atoms with van der Waals surface area (Å²) in [7, 11) is 0. The Labute approximate surface area is 102 Å². The Hall–Kier alpha value is -2.44. The van der Waals surface area contributed by atoms with Crippen LogP contribution < -0.4 is 16.4 Å². The number of aldehydes is 1. The standard InChI is InChI=1S/C11H12FN3O3/c12-8-1-7(6-16)2-9(3-8)15(4-10(13)17)5-11(14)18/h1-3,6H,4-5H2,(H2,13,17)(H2,14,18). The van der Waals surface area contributed by atoms with Gasteiger partial charge in [-0.2, -0.15) is 0 Å². The molecule has 0 heterocycles. The van der Waals surface area contributed by atoms with Gasteiger partial charge in [0.1, 0.15) is 12.1 Å². The molecule has 0 aromatic heterocycles. The summed E-state index contributed by atoms with van der Waals surface area (Å²) in [6, 6.07) is 3.45. The van der Waals surface area contributed by atoms with Crippen molar-refractivity contribution in [2.24, 2.45) is 11.5 Å². The van der Waals surface area contributed by atoms with Crippen LogP contribution in [0.5, 0.6) is 0 Å². The number of hydrogen-bond acceptors (Lipinski definition) is 4. The first-order chi connectivity index (χ1) is 8.42. The third kappa shape index (κ3) is 3.85. The average Bonchev–Trinajstić information content (AvgIpc) is 2.26.